The molecular formula is C25H18N2O2. The van der Waals surface area contributed by atoms with Crippen molar-refractivity contribution in [2.24, 2.45) is 0 Å². The monoisotopic (exact) mass is 378 g/mol. The van der Waals surface area contributed by atoms with E-state index in [9.17, 15) is 9.90 Å². The zero-order valence-corrected chi connectivity index (χ0v) is 15.6. The molecule has 0 spiro atoms. The third-order valence-electron chi connectivity index (χ3n) is 5.22. The number of anilines is 2. The normalized spacial score (nSPS) is 13.0. The molecule has 0 fully saturated rings. The number of carboxylic acid groups (broad SMARTS) is 1. The van der Waals surface area contributed by atoms with Crippen LogP contribution in [0.4, 0.5) is 11.4 Å². The summed E-state index contributed by atoms with van der Waals surface area (Å²) in [7, 11) is 0. The molecule has 5 rings (SSSR count). The number of aliphatic carboxylic acids is 1. The van der Waals surface area contributed by atoms with Crippen molar-refractivity contribution in [2.45, 2.75) is 0 Å². The predicted octanol–water partition coefficient (Wildman–Crippen LogP) is 3.43. The maximum atomic E-state index is 11.5. The third kappa shape index (κ3) is 3.05. The Morgan fingerprint density at radius 1 is 0.931 bits per heavy atom. The van der Waals surface area contributed by atoms with Crippen LogP contribution in [0.3, 0.4) is 0 Å². The van der Waals surface area contributed by atoms with Crippen molar-refractivity contribution in [3.63, 3.8) is 0 Å². The van der Waals surface area contributed by atoms with Gasteiger partial charge >= 0.3 is 5.97 Å². The Bertz CT molecular complexity index is 1370. The number of rotatable bonds is 3. The van der Waals surface area contributed by atoms with Crippen LogP contribution in [0.25, 0.3) is 23.1 Å². The van der Waals surface area contributed by atoms with Gasteiger partial charge in [0.2, 0.25) is 0 Å². The minimum Gasteiger partial charge on any atom is -0.480 e. The molecule has 4 aromatic rings. The summed E-state index contributed by atoms with van der Waals surface area (Å²) >= 11 is 0. The molecule has 1 aliphatic heterocycles. The van der Waals surface area contributed by atoms with Gasteiger partial charge in [-0.25, -0.2) is 0 Å². The van der Waals surface area contributed by atoms with Crippen LogP contribution in [0, 0.1) is 0 Å². The Morgan fingerprint density at radius 2 is 1.76 bits per heavy atom. The molecule has 29 heavy (non-hydrogen) atoms. The minimum absolute atomic E-state index is 0.0838. The summed E-state index contributed by atoms with van der Waals surface area (Å²) in [5.41, 5.74) is 4.86. The van der Waals surface area contributed by atoms with E-state index in [2.05, 4.69) is 35.3 Å². The summed E-state index contributed by atoms with van der Waals surface area (Å²) < 4.78 is 0. The van der Waals surface area contributed by atoms with Crippen molar-refractivity contribution in [1.82, 2.24) is 4.98 Å². The number of carboxylic acids is 1. The van der Waals surface area contributed by atoms with Gasteiger partial charge in [0.05, 0.1) is 5.52 Å². The summed E-state index contributed by atoms with van der Waals surface area (Å²) in [5.74, 6) is -0.859. The number of nitrogens with zero attached hydrogens (tertiary/aromatic N) is 2. The van der Waals surface area contributed by atoms with Gasteiger partial charge in [-0.15, -0.1) is 0 Å². The minimum atomic E-state index is -0.859. The maximum Gasteiger partial charge on any atom is 0.323 e. The Labute approximate surface area is 167 Å². The number of carbonyl (C=O) groups is 1. The predicted molar refractivity (Wildman–Crippen MR) is 116 cm³/mol. The van der Waals surface area contributed by atoms with Crippen LogP contribution in [-0.4, -0.2) is 22.6 Å². The molecule has 1 aliphatic rings. The Kier molecular flexibility index (Phi) is 4.10. The van der Waals surface area contributed by atoms with E-state index in [1.54, 1.807) is 6.20 Å². The van der Waals surface area contributed by atoms with Gasteiger partial charge in [-0.05, 0) is 52.8 Å². The zero-order valence-electron chi connectivity index (χ0n) is 15.6. The van der Waals surface area contributed by atoms with E-state index in [0.29, 0.717) is 0 Å². The molecule has 3 aromatic carbocycles. The molecule has 140 valence electrons. The van der Waals surface area contributed by atoms with Gasteiger partial charge in [-0.3, -0.25) is 9.78 Å². The Hall–Kier alpha value is -3.92. The van der Waals surface area contributed by atoms with Crippen molar-refractivity contribution in [3.05, 3.63) is 101 Å². The second-order valence-corrected chi connectivity index (χ2v) is 7.02. The number of hydrogen-bond acceptors (Lipinski definition) is 3. The maximum absolute atomic E-state index is 11.5. The molecule has 0 unspecified atom stereocenters. The third-order valence-corrected chi connectivity index (χ3v) is 5.22. The first-order valence-corrected chi connectivity index (χ1v) is 9.45. The topological polar surface area (TPSA) is 53.4 Å². The molecule has 1 N–H and O–H groups in total. The summed E-state index contributed by atoms with van der Waals surface area (Å²) in [6.07, 6.45) is 6.08. The molecule has 0 bridgehead atoms. The highest BCUT2D eigenvalue weighted by Crippen LogP contribution is 2.29. The first-order chi connectivity index (χ1) is 14.2. The molecule has 0 saturated heterocycles. The molecule has 0 amide bonds. The molecule has 1 aromatic heterocycles. The number of fused-ring (bicyclic) bond motifs is 3. The van der Waals surface area contributed by atoms with Crippen LogP contribution in [0.5, 0.6) is 0 Å². The number of hydrogen-bond donors (Lipinski definition) is 1. The van der Waals surface area contributed by atoms with Gasteiger partial charge in [-0.2, -0.15) is 0 Å². The van der Waals surface area contributed by atoms with Crippen LogP contribution >= 0.6 is 0 Å². The van der Waals surface area contributed by atoms with Crippen molar-refractivity contribution < 1.29 is 9.90 Å². The fourth-order valence-corrected chi connectivity index (χ4v) is 3.96. The lowest BCUT2D eigenvalue weighted by Gasteiger charge is -2.28. The first-order valence-electron chi connectivity index (χ1n) is 9.45. The van der Waals surface area contributed by atoms with Crippen LogP contribution in [-0.2, 0) is 4.79 Å². The van der Waals surface area contributed by atoms with Gasteiger partial charge in [-0.1, -0.05) is 48.5 Å². The quantitative estimate of drug-likeness (QED) is 0.593. The van der Waals surface area contributed by atoms with E-state index in [1.165, 1.54) is 0 Å². The van der Waals surface area contributed by atoms with Gasteiger partial charge < -0.3 is 10.0 Å². The number of pyridine rings is 1. The molecule has 4 heteroatoms. The lowest BCUT2D eigenvalue weighted by molar-refractivity contribution is -0.135. The van der Waals surface area contributed by atoms with Gasteiger partial charge in [0.1, 0.15) is 6.54 Å². The molecule has 0 aliphatic carbocycles. The second-order valence-electron chi connectivity index (χ2n) is 7.02. The summed E-state index contributed by atoms with van der Waals surface area (Å²) in [6, 6.07) is 24.0. The number of benzene rings is 3. The fraction of sp³-hybridized carbons (Fsp3) is 0.0400. The average molecular weight is 378 g/mol. The van der Waals surface area contributed by atoms with Crippen molar-refractivity contribution in [3.8, 4) is 0 Å². The van der Waals surface area contributed by atoms with E-state index in [4.69, 9.17) is 0 Å². The molecule has 0 radical (unpaired) electrons. The zero-order chi connectivity index (χ0) is 19.8. The highest BCUT2D eigenvalue weighted by molar-refractivity contribution is 5.89. The molecule has 0 saturated carbocycles. The van der Waals surface area contributed by atoms with Crippen molar-refractivity contribution in [1.29, 1.82) is 0 Å². The van der Waals surface area contributed by atoms with Crippen LogP contribution < -0.4 is 15.3 Å². The van der Waals surface area contributed by atoms with Crippen LogP contribution in [0.2, 0.25) is 0 Å². The largest absolute Gasteiger partial charge is 0.480 e. The SMILES string of the molecule is O=C(O)CN1c2ccccc2C=c2c1ccc/c2=C\c1cccc2ncccc12. The van der Waals surface area contributed by atoms with E-state index in [-0.39, 0.29) is 6.54 Å². The smallest absolute Gasteiger partial charge is 0.323 e. The van der Waals surface area contributed by atoms with Gasteiger partial charge in [0, 0.05) is 28.2 Å². The average Bonchev–Trinajstić information content (AvgIpc) is 2.74. The van der Waals surface area contributed by atoms with E-state index in [0.717, 1.165) is 43.8 Å². The Morgan fingerprint density at radius 3 is 2.66 bits per heavy atom. The van der Waals surface area contributed by atoms with Crippen molar-refractivity contribution >= 4 is 40.4 Å². The summed E-state index contributed by atoms with van der Waals surface area (Å²) in [6.45, 7) is -0.0838. The van der Waals surface area contributed by atoms with E-state index < -0.39 is 5.97 Å². The second kappa shape index (κ2) is 6.91. The van der Waals surface area contributed by atoms with E-state index >= 15 is 0 Å². The van der Waals surface area contributed by atoms with Crippen molar-refractivity contribution in [2.75, 3.05) is 11.4 Å². The molecule has 4 nitrogen and oxygen atoms in total. The van der Waals surface area contributed by atoms with Gasteiger partial charge in [0.25, 0.3) is 0 Å². The van der Waals surface area contributed by atoms with Crippen LogP contribution in [0.15, 0.2) is 79.0 Å². The van der Waals surface area contributed by atoms with Crippen LogP contribution in [0.1, 0.15) is 11.1 Å². The molecule has 0 atom stereocenters. The lowest BCUT2D eigenvalue weighted by Crippen LogP contribution is -2.37. The summed E-state index contributed by atoms with van der Waals surface area (Å²) in [4.78, 5) is 17.9. The molecular weight excluding hydrogens is 360 g/mol. The lowest BCUT2D eigenvalue weighted by atomic mass is 10.0. The fourth-order valence-electron chi connectivity index (χ4n) is 3.96. The highest BCUT2D eigenvalue weighted by Gasteiger charge is 2.20. The highest BCUT2D eigenvalue weighted by atomic mass is 16.4. The Balaban J connectivity index is 1.79. The first kappa shape index (κ1) is 17.2. The van der Waals surface area contributed by atoms with E-state index in [1.807, 2.05) is 59.5 Å². The number of para-hydroxylation sites is 1. The summed E-state index contributed by atoms with van der Waals surface area (Å²) in [5, 5.41) is 12.6. The van der Waals surface area contributed by atoms with Gasteiger partial charge in [0.15, 0.2) is 0 Å². The standard InChI is InChI=1S/C25H18N2O2/c28-25(29)16-27-23-11-2-1-6-19(23)15-21-18(8-4-12-24(21)27)14-17-7-3-10-22-20(17)9-5-13-26-22/h1-15H,16H2,(H,28,29)/b18-14+. The number of aromatic nitrogens is 1. The molecule has 2 heterocycles.